The summed E-state index contributed by atoms with van der Waals surface area (Å²) in [5.74, 6) is 0.933. The number of ether oxygens (including phenoxy) is 1. The first-order chi connectivity index (χ1) is 7.68. The lowest BCUT2D eigenvalue weighted by Crippen LogP contribution is -2.26. The summed E-state index contributed by atoms with van der Waals surface area (Å²) in [5.41, 5.74) is 0.581. The number of halogens is 1. The average molecular weight is 284 g/mol. The molecule has 0 bridgehead atoms. The van der Waals surface area contributed by atoms with E-state index in [1.54, 1.807) is 0 Å². The Kier molecular flexibility index (Phi) is 3.87. The third-order valence-electron chi connectivity index (χ3n) is 3.02. The van der Waals surface area contributed by atoms with E-state index in [0.29, 0.717) is 5.41 Å². The minimum Gasteiger partial charge on any atom is -0.492 e. The molecule has 88 valence electrons. The van der Waals surface area contributed by atoms with Crippen molar-refractivity contribution in [1.82, 2.24) is 5.32 Å². The van der Waals surface area contributed by atoms with Crippen molar-refractivity contribution in [2.24, 2.45) is 5.41 Å². The van der Waals surface area contributed by atoms with Crippen LogP contribution in [0.15, 0.2) is 28.7 Å². The highest BCUT2D eigenvalue weighted by Crippen LogP contribution is 2.43. The van der Waals surface area contributed by atoms with Crippen LogP contribution in [0.4, 0.5) is 0 Å². The summed E-state index contributed by atoms with van der Waals surface area (Å²) < 4.78 is 6.70. The fourth-order valence-corrected chi connectivity index (χ4v) is 1.82. The first kappa shape index (κ1) is 11.9. The topological polar surface area (TPSA) is 21.3 Å². The summed E-state index contributed by atoms with van der Waals surface area (Å²) in [4.78, 5) is 0. The van der Waals surface area contributed by atoms with Crippen molar-refractivity contribution in [3.8, 4) is 5.75 Å². The van der Waals surface area contributed by atoms with Gasteiger partial charge in [-0.05, 0) is 42.5 Å². The lowest BCUT2D eigenvalue weighted by Gasteiger charge is -2.10. The van der Waals surface area contributed by atoms with Gasteiger partial charge in [0.2, 0.25) is 0 Å². The van der Waals surface area contributed by atoms with E-state index in [2.05, 4.69) is 28.2 Å². The summed E-state index contributed by atoms with van der Waals surface area (Å²) in [6.07, 6.45) is 2.74. The number of nitrogens with one attached hydrogen (secondary N) is 1. The molecule has 1 fully saturated rings. The van der Waals surface area contributed by atoms with Crippen molar-refractivity contribution >= 4 is 15.9 Å². The Morgan fingerprint density at radius 2 is 2.00 bits per heavy atom. The molecule has 0 saturated heterocycles. The van der Waals surface area contributed by atoms with E-state index in [1.807, 2.05) is 24.3 Å². The molecule has 0 spiro atoms. The van der Waals surface area contributed by atoms with Crippen LogP contribution >= 0.6 is 15.9 Å². The molecule has 1 aliphatic rings. The van der Waals surface area contributed by atoms with Crippen molar-refractivity contribution in [2.75, 3.05) is 19.7 Å². The summed E-state index contributed by atoms with van der Waals surface area (Å²) in [5, 5.41) is 3.44. The maximum Gasteiger partial charge on any atom is 0.119 e. The van der Waals surface area contributed by atoms with Crippen molar-refractivity contribution in [3.05, 3.63) is 28.7 Å². The Bertz CT molecular complexity index is 332. The quantitative estimate of drug-likeness (QED) is 0.810. The lowest BCUT2D eigenvalue weighted by molar-refractivity contribution is 0.308. The van der Waals surface area contributed by atoms with Gasteiger partial charge in [-0.15, -0.1) is 0 Å². The summed E-state index contributed by atoms with van der Waals surface area (Å²) in [6, 6.07) is 7.95. The highest BCUT2D eigenvalue weighted by molar-refractivity contribution is 9.10. The minimum absolute atomic E-state index is 0.581. The van der Waals surface area contributed by atoms with Gasteiger partial charge in [0.1, 0.15) is 12.4 Å². The van der Waals surface area contributed by atoms with Crippen molar-refractivity contribution in [1.29, 1.82) is 0 Å². The van der Waals surface area contributed by atoms with Crippen LogP contribution in [0.25, 0.3) is 0 Å². The van der Waals surface area contributed by atoms with Crippen molar-refractivity contribution in [3.63, 3.8) is 0 Å². The van der Waals surface area contributed by atoms with E-state index in [1.165, 1.54) is 12.8 Å². The van der Waals surface area contributed by atoms with Gasteiger partial charge in [-0.3, -0.25) is 0 Å². The first-order valence-corrected chi connectivity index (χ1v) is 6.56. The predicted octanol–water partition coefficient (Wildman–Crippen LogP) is 3.22. The van der Waals surface area contributed by atoms with E-state index in [0.717, 1.165) is 29.9 Å². The number of benzene rings is 1. The molecule has 0 aliphatic heterocycles. The van der Waals surface area contributed by atoms with Crippen LogP contribution in [0.1, 0.15) is 19.8 Å². The number of hydrogen-bond donors (Lipinski definition) is 1. The van der Waals surface area contributed by atoms with Crippen molar-refractivity contribution < 1.29 is 4.74 Å². The van der Waals surface area contributed by atoms with Gasteiger partial charge in [0.25, 0.3) is 0 Å². The molecular weight excluding hydrogens is 266 g/mol. The number of hydrogen-bond acceptors (Lipinski definition) is 2. The molecule has 2 nitrogen and oxygen atoms in total. The van der Waals surface area contributed by atoms with Crippen molar-refractivity contribution in [2.45, 2.75) is 19.8 Å². The van der Waals surface area contributed by atoms with Gasteiger partial charge in [-0.1, -0.05) is 22.9 Å². The number of rotatable bonds is 6. The van der Waals surface area contributed by atoms with E-state index >= 15 is 0 Å². The SMILES string of the molecule is CC1(CNCCOc2ccc(Br)cc2)CC1. The van der Waals surface area contributed by atoms with E-state index in [9.17, 15) is 0 Å². The molecule has 1 aromatic carbocycles. The summed E-state index contributed by atoms with van der Waals surface area (Å²) in [7, 11) is 0. The average Bonchev–Trinajstić information content (AvgIpc) is 2.99. The molecule has 0 unspecified atom stereocenters. The second kappa shape index (κ2) is 5.19. The van der Waals surface area contributed by atoms with Gasteiger partial charge in [0.15, 0.2) is 0 Å². The molecule has 16 heavy (non-hydrogen) atoms. The molecule has 1 N–H and O–H groups in total. The van der Waals surface area contributed by atoms with Gasteiger partial charge in [0.05, 0.1) is 0 Å². The zero-order valence-corrected chi connectivity index (χ0v) is 11.2. The van der Waals surface area contributed by atoms with Crippen LogP contribution < -0.4 is 10.1 Å². The monoisotopic (exact) mass is 283 g/mol. The smallest absolute Gasteiger partial charge is 0.119 e. The molecule has 1 aliphatic carbocycles. The molecule has 1 saturated carbocycles. The molecule has 0 atom stereocenters. The Hall–Kier alpha value is -0.540. The lowest BCUT2D eigenvalue weighted by atomic mass is 10.1. The largest absolute Gasteiger partial charge is 0.492 e. The molecule has 0 amide bonds. The summed E-state index contributed by atoms with van der Waals surface area (Å²) in [6.45, 7) is 5.11. The molecule has 3 heteroatoms. The molecule has 0 heterocycles. The molecular formula is C13H18BrNO. The highest BCUT2D eigenvalue weighted by Gasteiger charge is 2.36. The highest BCUT2D eigenvalue weighted by atomic mass is 79.9. The van der Waals surface area contributed by atoms with Crippen LogP contribution in [0, 0.1) is 5.41 Å². The standard InChI is InChI=1S/C13H18BrNO/c1-13(6-7-13)10-15-8-9-16-12-4-2-11(14)3-5-12/h2-5,15H,6-10H2,1H3. The molecule has 0 aromatic heterocycles. The Balaban J connectivity index is 1.59. The second-order valence-corrected chi connectivity index (χ2v) is 5.71. The predicted molar refractivity (Wildman–Crippen MR) is 69.8 cm³/mol. The third kappa shape index (κ3) is 3.80. The maximum absolute atomic E-state index is 5.61. The third-order valence-corrected chi connectivity index (χ3v) is 3.55. The summed E-state index contributed by atoms with van der Waals surface area (Å²) >= 11 is 3.40. The first-order valence-electron chi connectivity index (χ1n) is 5.77. The van der Waals surface area contributed by atoms with Gasteiger partial charge in [-0.2, -0.15) is 0 Å². The van der Waals surface area contributed by atoms with Crippen LogP contribution in [0.3, 0.4) is 0 Å². The Morgan fingerprint density at radius 1 is 1.31 bits per heavy atom. The van der Waals surface area contributed by atoms with Gasteiger partial charge in [0, 0.05) is 17.6 Å². The fraction of sp³-hybridized carbons (Fsp3) is 0.538. The molecule has 2 rings (SSSR count). The van der Waals surface area contributed by atoms with Gasteiger partial charge < -0.3 is 10.1 Å². The second-order valence-electron chi connectivity index (χ2n) is 4.79. The Labute approximate surface area is 106 Å². The van der Waals surface area contributed by atoms with E-state index in [4.69, 9.17) is 4.74 Å². The van der Waals surface area contributed by atoms with E-state index < -0.39 is 0 Å². The molecule has 1 aromatic rings. The van der Waals surface area contributed by atoms with E-state index in [-0.39, 0.29) is 0 Å². The zero-order valence-electron chi connectivity index (χ0n) is 9.63. The zero-order chi connectivity index (χ0) is 11.4. The van der Waals surface area contributed by atoms with Gasteiger partial charge >= 0.3 is 0 Å². The van der Waals surface area contributed by atoms with Crippen LogP contribution in [-0.4, -0.2) is 19.7 Å². The minimum atomic E-state index is 0.581. The van der Waals surface area contributed by atoms with Crippen LogP contribution in [0.2, 0.25) is 0 Å². The fourth-order valence-electron chi connectivity index (χ4n) is 1.55. The van der Waals surface area contributed by atoms with Crippen LogP contribution in [0.5, 0.6) is 5.75 Å². The normalized spacial score (nSPS) is 17.1. The van der Waals surface area contributed by atoms with Crippen LogP contribution in [-0.2, 0) is 0 Å². The Morgan fingerprint density at radius 3 is 2.62 bits per heavy atom. The molecule has 0 radical (unpaired) electrons. The maximum atomic E-state index is 5.61. The van der Waals surface area contributed by atoms with Gasteiger partial charge in [-0.25, -0.2) is 0 Å².